The van der Waals surface area contributed by atoms with E-state index in [-0.39, 0.29) is 6.04 Å². The third-order valence-electron chi connectivity index (χ3n) is 1.77. The van der Waals surface area contributed by atoms with Gasteiger partial charge in [0.2, 0.25) is 0 Å². The molecule has 0 aromatic rings. The first-order valence-electron chi connectivity index (χ1n) is 3.35. The molecule has 0 aromatic heterocycles. The molecular formula is C6H14N2O. The lowest BCUT2D eigenvalue weighted by molar-refractivity contribution is 0.0639. The van der Waals surface area contributed by atoms with Crippen LogP contribution >= 0.6 is 0 Å². The highest BCUT2D eigenvalue weighted by Gasteiger charge is 2.19. The summed E-state index contributed by atoms with van der Waals surface area (Å²) in [5, 5.41) is 3.15. The Kier molecular flexibility index (Phi) is 2.45. The Labute approximate surface area is 55.6 Å². The molecule has 3 nitrogen and oxygen atoms in total. The smallest absolute Gasteiger partial charge is 0.0632 e. The molecule has 54 valence electrons. The monoisotopic (exact) mass is 130 g/mol. The van der Waals surface area contributed by atoms with Gasteiger partial charge >= 0.3 is 0 Å². The molecule has 1 fully saturated rings. The summed E-state index contributed by atoms with van der Waals surface area (Å²) in [7, 11) is 1.94. The van der Waals surface area contributed by atoms with Gasteiger partial charge in [-0.25, -0.2) is 0 Å². The molecule has 1 heterocycles. The lowest BCUT2D eigenvalue weighted by Crippen LogP contribution is -2.49. The van der Waals surface area contributed by atoms with Crippen LogP contribution in [0.5, 0.6) is 0 Å². The molecule has 1 aliphatic heterocycles. The highest BCUT2D eigenvalue weighted by atomic mass is 16.5. The summed E-state index contributed by atoms with van der Waals surface area (Å²) < 4.78 is 5.15. The molecule has 0 aliphatic carbocycles. The normalized spacial score (nSPS) is 36.7. The van der Waals surface area contributed by atoms with E-state index in [1.54, 1.807) is 0 Å². The van der Waals surface area contributed by atoms with E-state index in [0.29, 0.717) is 12.6 Å². The molecule has 0 unspecified atom stereocenters. The summed E-state index contributed by atoms with van der Waals surface area (Å²) in [6.07, 6.45) is 1.04. The SMILES string of the molecule is CN[C@@H]1CCOC[C@@H]1N. The van der Waals surface area contributed by atoms with Crippen molar-refractivity contribution in [3.05, 3.63) is 0 Å². The summed E-state index contributed by atoms with van der Waals surface area (Å²) >= 11 is 0. The molecule has 1 saturated heterocycles. The molecule has 0 radical (unpaired) electrons. The van der Waals surface area contributed by atoms with Gasteiger partial charge in [0.25, 0.3) is 0 Å². The summed E-state index contributed by atoms with van der Waals surface area (Å²) in [4.78, 5) is 0. The van der Waals surface area contributed by atoms with Gasteiger partial charge in [-0.1, -0.05) is 0 Å². The largest absolute Gasteiger partial charge is 0.380 e. The van der Waals surface area contributed by atoms with Crippen LogP contribution in [0.25, 0.3) is 0 Å². The van der Waals surface area contributed by atoms with Crippen molar-refractivity contribution >= 4 is 0 Å². The van der Waals surface area contributed by atoms with Gasteiger partial charge < -0.3 is 15.8 Å². The van der Waals surface area contributed by atoms with Crippen LogP contribution in [0.1, 0.15) is 6.42 Å². The van der Waals surface area contributed by atoms with Crippen LogP contribution in [0.4, 0.5) is 0 Å². The minimum Gasteiger partial charge on any atom is -0.380 e. The van der Waals surface area contributed by atoms with Crippen LogP contribution in [-0.2, 0) is 4.74 Å². The predicted molar refractivity (Wildman–Crippen MR) is 36.3 cm³/mol. The average molecular weight is 130 g/mol. The van der Waals surface area contributed by atoms with Crippen LogP contribution < -0.4 is 11.1 Å². The van der Waals surface area contributed by atoms with Gasteiger partial charge in [-0.2, -0.15) is 0 Å². The van der Waals surface area contributed by atoms with Crippen molar-refractivity contribution in [2.24, 2.45) is 5.73 Å². The van der Waals surface area contributed by atoms with E-state index in [1.807, 2.05) is 7.05 Å². The maximum absolute atomic E-state index is 5.70. The van der Waals surface area contributed by atoms with Gasteiger partial charge in [0.05, 0.1) is 6.61 Å². The van der Waals surface area contributed by atoms with E-state index in [2.05, 4.69) is 5.32 Å². The fraction of sp³-hybridized carbons (Fsp3) is 1.00. The van der Waals surface area contributed by atoms with E-state index < -0.39 is 0 Å². The Bertz CT molecular complexity index is 87.1. The van der Waals surface area contributed by atoms with Gasteiger partial charge in [-0.15, -0.1) is 0 Å². The maximum Gasteiger partial charge on any atom is 0.0632 e. The summed E-state index contributed by atoms with van der Waals surface area (Å²) in [5.74, 6) is 0. The average Bonchev–Trinajstić information content (AvgIpc) is 1.89. The molecule has 0 saturated carbocycles. The first-order valence-corrected chi connectivity index (χ1v) is 3.35. The second-order valence-corrected chi connectivity index (χ2v) is 2.42. The standard InChI is InChI=1S/C6H14N2O/c1-8-6-2-3-9-4-5(6)7/h5-6,8H,2-4,7H2,1H3/t5-,6+/m0/s1. The lowest BCUT2D eigenvalue weighted by Gasteiger charge is -2.27. The molecule has 2 atom stereocenters. The van der Waals surface area contributed by atoms with E-state index in [1.165, 1.54) is 0 Å². The number of likely N-dealkylation sites (N-methyl/N-ethyl adjacent to an activating group) is 1. The quantitative estimate of drug-likeness (QED) is 0.494. The fourth-order valence-electron chi connectivity index (χ4n) is 1.12. The summed E-state index contributed by atoms with van der Waals surface area (Å²) in [6.45, 7) is 1.55. The maximum atomic E-state index is 5.70. The molecule has 3 heteroatoms. The third-order valence-corrected chi connectivity index (χ3v) is 1.77. The van der Waals surface area contributed by atoms with Crippen LogP contribution in [0, 0.1) is 0 Å². The zero-order chi connectivity index (χ0) is 6.69. The third kappa shape index (κ3) is 1.64. The Hall–Kier alpha value is -0.120. The molecular weight excluding hydrogens is 116 g/mol. The number of ether oxygens (including phenoxy) is 1. The van der Waals surface area contributed by atoms with Crippen LogP contribution in [0.2, 0.25) is 0 Å². The minimum atomic E-state index is 0.184. The van der Waals surface area contributed by atoms with Crippen molar-refractivity contribution in [3.63, 3.8) is 0 Å². The molecule has 9 heavy (non-hydrogen) atoms. The zero-order valence-corrected chi connectivity index (χ0v) is 5.76. The second-order valence-electron chi connectivity index (χ2n) is 2.42. The van der Waals surface area contributed by atoms with Gasteiger partial charge in [-0.05, 0) is 13.5 Å². The first-order chi connectivity index (χ1) is 4.34. The summed E-state index contributed by atoms with van der Waals surface area (Å²) in [5.41, 5.74) is 5.70. The number of nitrogens with one attached hydrogen (secondary N) is 1. The number of hydrogen-bond donors (Lipinski definition) is 2. The van der Waals surface area contributed by atoms with Gasteiger partial charge in [0.1, 0.15) is 0 Å². The van der Waals surface area contributed by atoms with Crippen molar-refractivity contribution in [2.75, 3.05) is 20.3 Å². The van der Waals surface area contributed by atoms with E-state index in [4.69, 9.17) is 10.5 Å². The lowest BCUT2D eigenvalue weighted by atomic mass is 10.1. The number of hydrogen-bond acceptors (Lipinski definition) is 3. The van der Waals surface area contributed by atoms with Crippen LogP contribution in [0.15, 0.2) is 0 Å². The molecule has 0 amide bonds. The molecule has 0 aromatic carbocycles. The Morgan fingerprint density at radius 1 is 1.67 bits per heavy atom. The van der Waals surface area contributed by atoms with E-state index >= 15 is 0 Å². The van der Waals surface area contributed by atoms with Crippen molar-refractivity contribution in [1.29, 1.82) is 0 Å². The van der Waals surface area contributed by atoms with Crippen molar-refractivity contribution < 1.29 is 4.74 Å². The van der Waals surface area contributed by atoms with Crippen molar-refractivity contribution in [1.82, 2.24) is 5.32 Å². The number of rotatable bonds is 1. The van der Waals surface area contributed by atoms with E-state index in [9.17, 15) is 0 Å². The van der Waals surface area contributed by atoms with E-state index in [0.717, 1.165) is 13.0 Å². The highest BCUT2D eigenvalue weighted by molar-refractivity contribution is 4.80. The molecule has 1 rings (SSSR count). The van der Waals surface area contributed by atoms with Crippen molar-refractivity contribution in [2.45, 2.75) is 18.5 Å². The van der Waals surface area contributed by atoms with Gasteiger partial charge in [-0.3, -0.25) is 0 Å². The molecule has 0 spiro atoms. The van der Waals surface area contributed by atoms with Gasteiger partial charge in [0, 0.05) is 18.7 Å². The van der Waals surface area contributed by atoms with Crippen LogP contribution in [-0.4, -0.2) is 32.3 Å². The second kappa shape index (κ2) is 3.15. The summed E-state index contributed by atoms with van der Waals surface area (Å²) in [6, 6.07) is 0.641. The fourth-order valence-corrected chi connectivity index (χ4v) is 1.12. The highest BCUT2D eigenvalue weighted by Crippen LogP contribution is 2.03. The minimum absolute atomic E-state index is 0.184. The molecule has 1 aliphatic rings. The molecule has 0 bridgehead atoms. The number of nitrogens with two attached hydrogens (primary N) is 1. The zero-order valence-electron chi connectivity index (χ0n) is 5.76. The molecule has 3 N–H and O–H groups in total. The van der Waals surface area contributed by atoms with Gasteiger partial charge in [0.15, 0.2) is 0 Å². The predicted octanol–water partition coefficient (Wildman–Crippen LogP) is -0.678. The van der Waals surface area contributed by atoms with Crippen LogP contribution in [0.3, 0.4) is 0 Å². The Morgan fingerprint density at radius 3 is 2.89 bits per heavy atom. The first kappa shape index (κ1) is 6.99. The Morgan fingerprint density at radius 2 is 2.44 bits per heavy atom. The topological polar surface area (TPSA) is 47.3 Å². The Balaban J connectivity index is 2.30. The van der Waals surface area contributed by atoms with Crippen molar-refractivity contribution in [3.8, 4) is 0 Å².